The molecule has 11 aromatic rings. The van der Waals surface area contributed by atoms with Gasteiger partial charge in [0.1, 0.15) is 11.2 Å². The van der Waals surface area contributed by atoms with Crippen molar-refractivity contribution in [2.75, 3.05) is 0 Å². The van der Waals surface area contributed by atoms with Crippen molar-refractivity contribution in [1.29, 1.82) is 0 Å². The second-order valence-electron chi connectivity index (χ2n) is 15.2. The second-order valence-corrected chi connectivity index (χ2v) is 15.2. The predicted molar refractivity (Wildman–Crippen MR) is 234 cm³/mol. The van der Waals surface area contributed by atoms with Crippen molar-refractivity contribution >= 4 is 54.3 Å². The monoisotopic (exact) mass is 710 g/mol. The summed E-state index contributed by atoms with van der Waals surface area (Å²) in [7, 11) is 0. The molecule has 0 aliphatic heterocycles. The Morgan fingerprint density at radius 1 is 0.339 bits per heavy atom. The van der Waals surface area contributed by atoms with Crippen LogP contribution in [-0.2, 0) is 5.41 Å². The molecule has 0 saturated heterocycles. The van der Waals surface area contributed by atoms with E-state index in [0.29, 0.717) is 0 Å². The molecule has 260 valence electrons. The van der Waals surface area contributed by atoms with Gasteiger partial charge in [-0.1, -0.05) is 170 Å². The summed E-state index contributed by atoms with van der Waals surface area (Å²) in [6.07, 6.45) is 0. The molecule has 1 heterocycles. The zero-order valence-electron chi connectivity index (χ0n) is 30.5. The largest absolute Gasteiger partial charge is 0.455 e. The van der Waals surface area contributed by atoms with Crippen LogP contribution in [0.1, 0.15) is 22.3 Å². The predicted octanol–water partition coefficient (Wildman–Crippen LogP) is 14.7. The van der Waals surface area contributed by atoms with Gasteiger partial charge in [-0.25, -0.2) is 0 Å². The van der Waals surface area contributed by atoms with Crippen LogP contribution >= 0.6 is 0 Å². The van der Waals surface area contributed by atoms with E-state index in [1.165, 1.54) is 82.6 Å². The van der Waals surface area contributed by atoms with E-state index in [9.17, 15) is 0 Å². The van der Waals surface area contributed by atoms with Gasteiger partial charge in [-0.3, -0.25) is 0 Å². The Morgan fingerprint density at radius 2 is 0.929 bits per heavy atom. The summed E-state index contributed by atoms with van der Waals surface area (Å²) in [4.78, 5) is 0. The van der Waals surface area contributed by atoms with Crippen LogP contribution in [0.5, 0.6) is 0 Å². The molecule has 0 bridgehead atoms. The van der Waals surface area contributed by atoms with Crippen molar-refractivity contribution in [3.8, 4) is 33.4 Å². The van der Waals surface area contributed by atoms with Gasteiger partial charge >= 0.3 is 0 Å². The molecule has 0 unspecified atom stereocenters. The van der Waals surface area contributed by atoms with Crippen molar-refractivity contribution in [1.82, 2.24) is 0 Å². The fraction of sp³-hybridized carbons (Fsp3) is 0.0182. The fourth-order valence-corrected chi connectivity index (χ4v) is 9.83. The first-order valence-electron chi connectivity index (χ1n) is 19.4. The lowest BCUT2D eigenvalue weighted by Gasteiger charge is -2.35. The van der Waals surface area contributed by atoms with Gasteiger partial charge < -0.3 is 4.42 Å². The molecule has 0 atom stereocenters. The van der Waals surface area contributed by atoms with Gasteiger partial charge in [0.05, 0.1) is 5.41 Å². The maximum atomic E-state index is 6.43. The lowest BCUT2D eigenvalue weighted by Crippen LogP contribution is -2.28. The molecule has 0 fully saturated rings. The van der Waals surface area contributed by atoms with Crippen LogP contribution in [0.4, 0.5) is 0 Å². The molecule has 1 aliphatic rings. The molecule has 1 aliphatic carbocycles. The van der Waals surface area contributed by atoms with Crippen LogP contribution in [0, 0.1) is 0 Å². The summed E-state index contributed by atoms with van der Waals surface area (Å²) in [6, 6.07) is 76.0. The highest BCUT2D eigenvalue weighted by Crippen LogP contribution is 2.60. The highest BCUT2D eigenvalue weighted by Gasteiger charge is 2.48. The summed E-state index contributed by atoms with van der Waals surface area (Å²) >= 11 is 0. The number of rotatable bonds is 4. The van der Waals surface area contributed by atoms with E-state index in [-0.39, 0.29) is 0 Å². The Balaban J connectivity index is 1.05. The van der Waals surface area contributed by atoms with Crippen LogP contribution in [0.25, 0.3) is 87.6 Å². The third kappa shape index (κ3) is 4.37. The molecule has 10 aromatic carbocycles. The Bertz CT molecular complexity index is 3310. The van der Waals surface area contributed by atoms with E-state index < -0.39 is 5.41 Å². The number of hydrogen-bond donors (Lipinski definition) is 0. The highest BCUT2D eigenvalue weighted by molar-refractivity contribution is 6.16. The number of fused-ring (bicyclic) bond motifs is 11. The molecule has 0 radical (unpaired) electrons. The van der Waals surface area contributed by atoms with E-state index in [4.69, 9.17) is 4.42 Å². The Labute approximate surface area is 324 Å². The lowest BCUT2D eigenvalue weighted by atomic mass is 9.66. The molecule has 1 heteroatoms. The lowest BCUT2D eigenvalue weighted by molar-refractivity contribution is 0.672. The van der Waals surface area contributed by atoms with Crippen LogP contribution in [0.15, 0.2) is 211 Å². The summed E-state index contributed by atoms with van der Waals surface area (Å²) in [5, 5.41) is 9.61. The summed E-state index contributed by atoms with van der Waals surface area (Å²) in [5.41, 5.74) is 14.1. The molecule has 12 rings (SSSR count). The third-order valence-corrected chi connectivity index (χ3v) is 12.3. The first kappa shape index (κ1) is 31.2. The second kappa shape index (κ2) is 11.9. The van der Waals surface area contributed by atoms with E-state index in [1.807, 2.05) is 0 Å². The van der Waals surface area contributed by atoms with Crippen molar-refractivity contribution in [2.24, 2.45) is 0 Å². The standard InChI is InChI=1S/C55H34O/c1-3-15-42(16-4-1)55(43-17-5-2-6-18-43)50-22-12-11-21-47(50)52-48(34-40-14-8-9-19-44(40)53(52)55)41-26-25-36-31-37(23-24-38(36)32-41)39-28-30-51-49(33-39)46-29-27-35-13-7-10-20-45(35)54(46)56-51/h1-34H. The molecule has 1 nitrogen and oxygen atoms in total. The topological polar surface area (TPSA) is 13.1 Å². The van der Waals surface area contributed by atoms with E-state index in [2.05, 4.69) is 206 Å². The molecule has 0 N–H and O–H groups in total. The Kier molecular flexibility index (Phi) is 6.62. The quantitative estimate of drug-likeness (QED) is 0.177. The first-order chi connectivity index (χ1) is 27.8. The van der Waals surface area contributed by atoms with Crippen molar-refractivity contribution in [3.63, 3.8) is 0 Å². The minimum atomic E-state index is -0.482. The number of furan rings is 1. The molecule has 0 amide bonds. The minimum Gasteiger partial charge on any atom is -0.455 e. The third-order valence-electron chi connectivity index (χ3n) is 12.3. The van der Waals surface area contributed by atoms with Gasteiger partial charge in [0.15, 0.2) is 0 Å². The normalized spacial score (nSPS) is 13.1. The van der Waals surface area contributed by atoms with Crippen LogP contribution < -0.4 is 0 Å². The number of hydrogen-bond acceptors (Lipinski definition) is 1. The molecule has 0 spiro atoms. The van der Waals surface area contributed by atoms with E-state index in [1.54, 1.807) is 0 Å². The highest BCUT2D eigenvalue weighted by atomic mass is 16.3. The van der Waals surface area contributed by atoms with Crippen LogP contribution in [0.2, 0.25) is 0 Å². The minimum absolute atomic E-state index is 0.482. The van der Waals surface area contributed by atoms with Gasteiger partial charge in [-0.2, -0.15) is 0 Å². The van der Waals surface area contributed by atoms with Gasteiger partial charge in [0, 0.05) is 16.2 Å². The maximum Gasteiger partial charge on any atom is 0.143 e. The van der Waals surface area contributed by atoms with Gasteiger partial charge in [0.25, 0.3) is 0 Å². The van der Waals surface area contributed by atoms with Crippen molar-refractivity contribution < 1.29 is 4.42 Å². The number of benzene rings is 10. The van der Waals surface area contributed by atoms with E-state index >= 15 is 0 Å². The molecular formula is C55H34O. The summed E-state index contributed by atoms with van der Waals surface area (Å²) < 4.78 is 6.43. The fourth-order valence-electron chi connectivity index (χ4n) is 9.83. The first-order valence-corrected chi connectivity index (χ1v) is 19.4. The average molecular weight is 711 g/mol. The summed E-state index contributed by atoms with van der Waals surface area (Å²) in [5.74, 6) is 0. The van der Waals surface area contributed by atoms with Gasteiger partial charge in [-0.05, 0) is 119 Å². The zero-order chi connectivity index (χ0) is 36.8. The van der Waals surface area contributed by atoms with E-state index in [0.717, 1.165) is 27.3 Å². The van der Waals surface area contributed by atoms with Crippen molar-refractivity contribution in [2.45, 2.75) is 5.41 Å². The zero-order valence-corrected chi connectivity index (χ0v) is 30.5. The smallest absolute Gasteiger partial charge is 0.143 e. The average Bonchev–Trinajstić information content (AvgIpc) is 3.81. The SMILES string of the molecule is c1ccc(C2(c3ccccc3)c3ccccc3-c3c(-c4ccc5cc(-c6ccc7oc8c9ccccc9ccc8c7c6)ccc5c4)cc4ccccc4c32)cc1. The van der Waals surface area contributed by atoms with Gasteiger partial charge in [0.2, 0.25) is 0 Å². The Morgan fingerprint density at radius 3 is 1.71 bits per heavy atom. The van der Waals surface area contributed by atoms with Crippen LogP contribution in [-0.4, -0.2) is 0 Å². The molecular weight excluding hydrogens is 677 g/mol. The molecule has 0 saturated carbocycles. The van der Waals surface area contributed by atoms with Crippen molar-refractivity contribution in [3.05, 3.63) is 229 Å². The van der Waals surface area contributed by atoms with Crippen LogP contribution in [0.3, 0.4) is 0 Å². The summed E-state index contributed by atoms with van der Waals surface area (Å²) in [6.45, 7) is 0. The Hall–Kier alpha value is -7.22. The maximum absolute atomic E-state index is 6.43. The molecule has 1 aromatic heterocycles. The molecule has 56 heavy (non-hydrogen) atoms. The van der Waals surface area contributed by atoms with Gasteiger partial charge in [-0.15, -0.1) is 0 Å².